The van der Waals surface area contributed by atoms with Gasteiger partial charge >= 0.3 is 0 Å². The molecule has 1 aliphatic rings. The second-order valence-electron chi connectivity index (χ2n) is 5.58. The quantitative estimate of drug-likeness (QED) is 0.787. The molecule has 0 bridgehead atoms. The second-order valence-corrected chi connectivity index (χ2v) is 6.67. The van der Waals surface area contributed by atoms with Crippen LogP contribution in [0.25, 0.3) is 10.2 Å². The zero-order valence-corrected chi connectivity index (χ0v) is 13.5. The van der Waals surface area contributed by atoms with Crippen molar-refractivity contribution in [3.8, 4) is 5.75 Å². The van der Waals surface area contributed by atoms with Crippen LogP contribution in [0, 0.1) is 5.82 Å². The minimum absolute atomic E-state index is 0.258. The van der Waals surface area contributed by atoms with Crippen LogP contribution >= 0.6 is 11.3 Å². The average Bonchev–Trinajstić information content (AvgIpc) is 3.13. The van der Waals surface area contributed by atoms with Crippen molar-refractivity contribution in [1.29, 1.82) is 0 Å². The average molecular weight is 329 g/mol. The van der Waals surface area contributed by atoms with E-state index in [1.165, 1.54) is 30.0 Å². The summed E-state index contributed by atoms with van der Waals surface area (Å²) in [5.41, 5.74) is 2.23. The molecule has 0 radical (unpaired) electrons. The largest absolute Gasteiger partial charge is 0.494 e. The number of ether oxygens (including phenoxy) is 1. The van der Waals surface area contributed by atoms with Crippen LogP contribution in [0.5, 0.6) is 5.75 Å². The molecular weight excluding hydrogens is 313 g/mol. The van der Waals surface area contributed by atoms with Crippen LogP contribution in [0.3, 0.4) is 0 Å². The molecule has 1 N–H and O–H groups in total. The summed E-state index contributed by atoms with van der Waals surface area (Å²) in [6, 6.07) is 4.98. The van der Waals surface area contributed by atoms with Crippen LogP contribution in [0.15, 0.2) is 24.5 Å². The SMILES string of the molecule is COc1ccc(CNc2ncnc3sc4c(c23)CCC4)cc1F. The number of nitrogens with one attached hydrogen (secondary N) is 1. The molecule has 3 aromatic rings. The highest BCUT2D eigenvalue weighted by Crippen LogP contribution is 2.39. The molecule has 0 unspecified atom stereocenters. The Morgan fingerprint density at radius 3 is 3.04 bits per heavy atom. The summed E-state index contributed by atoms with van der Waals surface area (Å²) in [6.07, 6.45) is 5.02. The van der Waals surface area contributed by atoms with E-state index in [-0.39, 0.29) is 11.6 Å². The molecule has 1 aliphatic carbocycles. The van der Waals surface area contributed by atoms with Gasteiger partial charge in [-0.05, 0) is 42.5 Å². The summed E-state index contributed by atoms with van der Waals surface area (Å²) < 4.78 is 18.7. The number of nitrogens with zero attached hydrogens (tertiary/aromatic N) is 2. The normalized spacial score (nSPS) is 13.3. The summed E-state index contributed by atoms with van der Waals surface area (Å²) >= 11 is 1.76. The predicted octanol–water partition coefficient (Wildman–Crippen LogP) is 3.94. The monoisotopic (exact) mass is 329 g/mol. The summed E-state index contributed by atoms with van der Waals surface area (Å²) in [5, 5.41) is 4.47. The fourth-order valence-electron chi connectivity index (χ4n) is 3.07. The molecule has 0 saturated carbocycles. The lowest BCUT2D eigenvalue weighted by atomic mass is 10.1. The zero-order chi connectivity index (χ0) is 15.8. The van der Waals surface area contributed by atoms with Gasteiger partial charge in [0, 0.05) is 11.4 Å². The van der Waals surface area contributed by atoms with E-state index < -0.39 is 0 Å². The lowest BCUT2D eigenvalue weighted by Crippen LogP contribution is -2.03. The van der Waals surface area contributed by atoms with Crippen LogP contribution in [0.4, 0.5) is 10.2 Å². The maximum atomic E-state index is 13.8. The molecular formula is C17H16FN3OS. The summed E-state index contributed by atoms with van der Waals surface area (Å²) in [5.74, 6) is 0.746. The van der Waals surface area contributed by atoms with Crippen molar-refractivity contribution in [2.45, 2.75) is 25.8 Å². The molecule has 0 amide bonds. The molecule has 0 aliphatic heterocycles. The minimum atomic E-state index is -0.351. The van der Waals surface area contributed by atoms with E-state index in [4.69, 9.17) is 4.74 Å². The van der Waals surface area contributed by atoms with Gasteiger partial charge in [-0.25, -0.2) is 14.4 Å². The van der Waals surface area contributed by atoms with Gasteiger partial charge in [-0.2, -0.15) is 0 Å². The van der Waals surface area contributed by atoms with Gasteiger partial charge in [0.1, 0.15) is 17.0 Å². The molecule has 2 heterocycles. The molecule has 23 heavy (non-hydrogen) atoms. The summed E-state index contributed by atoms with van der Waals surface area (Å²) in [4.78, 5) is 11.2. The number of aromatic nitrogens is 2. The lowest BCUT2D eigenvalue weighted by Gasteiger charge is -2.09. The third kappa shape index (κ3) is 2.53. The highest BCUT2D eigenvalue weighted by atomic mass is 32.1. The van der Waals surface area contributed by atoms with Crippen molar-refractivity contribution in [2.75, 3.05) is 12.4 Å². The molecule has 1 aromatic carbocycles. The predicted molar refractivity (Wildman–Crippen MR) is 89.7 cm³/mol. The second kappa shape index (κ2) is 5.77. The van der Waals surface area contributed by atoms with E-state index in [0.717, 1.165) is 34.4 Å². The number of hydrogen-bond donors (Lipinski definition) is 1. The van der Waals surface area contributed by atoms with Crippen LogP contribution in [0.2, 0.25) is 0 Å². The van der Waals surface area contributed by atoms with E-state index in [2.05, 4.69) is 15.3 Å². The fourth-order valence-corrected chi connectivity index (χ4v) is 4.30. The maximum Gasteiger partial charge on any atom is 0.165 e. The van der Waals surface area contributed by atoms with Gasteiger partial charge in [-0.3, -0.25) is 0 Å². The molecule has 0 fully saturated rings. The van der Waals surface area contributed by atoms with Gasteiger partial charge in [0.05, 0.1) is 12.5 Å². The van der Waals surface area contributed by atoms with Gasteiger partial charge in [-0.15, -0.1) is 11.3 Å². The number of hydrogen-bond acceptors (Lipinski definition) is 5. The van der Waals surface area contributed by atoms with Gasteiger partial charge < -0.3 is 10.1 Å². The number of halogens is 1. The summed E-state index contributed by atoms with van der Waals surface area (Å²) in [7, 11) is 1.46. The first-order valence-corrected chi connectivity index (χ1v) is 8.39. The van der Waals surface area contributed by atoms with Crippen LogP contribution in [-0.2, 0) is 19.4 Å². The Balaban J connectivity index is 1.62. The number of fused-ring (bicyclic) bond motifs is 3. The minimum Gasteiger partial charge on any atom is -0.494 e. The van der Waals surface area contributed by atoms with Gasteiger partial charge in [0.25, 0.3) is 0 Å². The van der Waals surface area contributed by atoms with Crippen LogP contribution in [0.1, 0.15) is 22.4 Å². The Labute approximate surface area is 137 Å². The van der Waals surface area contributed by atoms with Crippen molar-refractivity contribution in [2.24, 2.45) is 0 Å². The van der Waals surface area contributed by atoms with Crippen molar-refractivity contribution in [1.82, 2.24) is 9.97 Å². The number of anilines is 1. The number of aryl methyl sites for hydroxylation is 2. The van der Waals surface area contributed by atoms with E-state index >= 15 is 0 Å². The van der Waals surface area contributed by atoms with Crippen LogP contribution in [-0.4, -0.2) is 17.1 Å². The van der Waals surface area contributed by atoms with Gasteiger partial charge in [-0.1, -0.05) is 6.07 Å². The highest BCUT2D eigenvalue weighted by molar-refractivity contribution is 7.19. The maximum absolute atomic E-state index is 13.8. The number of benzene rings is 1. The van der Waals surface area contributed by atoms with E-state index in [0.29, 0.717) is 6.54 Å². The molecule has 0 atom stereocenters. The molecule has 4 rings (SSSR count). The lowest BCUT2D eigenvalue weighted by molar-refractivity contribution is 0.386. The molecule has 4 nitrogen and oxygen atoms in total. The Hall–Kier alpha value is -2.21. The van der Waals surface area contributed by atoms with Crippen molar-refractivity contribution >= 4 is 27.4 Å². The third-order valence-corrected chi connectivity index (χ3v) is 5.38. The Bertz CT molecular complexity index is 878. The standard InChI is InChI=1S/C17H16FN3OS/c1-22-13-6-5-10(7-12(13)18)8-19-16-15-11-3-2-4-14(11)23-17(15)21-9-20-16/h5-7,9H,2-4,8H2,1H3,(H,19,20,21). The molecule has 6 heteroatoms. The first kappa shape index (κ1) is 14.4. The zero-order valence-electron chi connectivity index (χ0n) is 12.7. The van der Waals surface area contributed by atoms with Crippen molar-refractivity contribution < 1.29 is 9.13 Å². The molecule has 0 saturated heterocycles. The van der Waals surface area contributed by atoms with Crippen molar-refractivity contribution in [3.63, 3.8) is 0 Å². The Morgan fingerprint density at radius 1 is 1.30 bits per heavy atom. The topological polar surface area (TPSA) is 47.0 Å². The van der Waals surface area contributed by atoms with E-state index in [9.17, 15) is 4.39 Å². The first-order chi connectivity index (χ1) is 11.3. The number of rotatable bonds is 4. The van der Waals surface area contributed by atoms with Crippen LogP contribution < -0.4 is 10.1 Å². The smallest absolute Gasteiger partial charge is 0.165 e. The van der Waals surface area contributed by atoms with Gasteiger partial charge in [0.15, 0.2) is 11.6 Å². The molecule has 0 spiro atoms. The van der Waals surface area contributed by atoms with Gasteiger partial charge in [0.2, 0.25) is 0 Å². The summed E-state index contributed by atoms with van der Waals surface area (Å²) in [6.45, 7) is 0.512. The first-order valence-electron chi connectivity index (χ1n) is 7.58. The van der Waals surface area contributed by atoms with E-state index in [1.807, 2.05) is 6.07 Å². The Kier molecular flexibility index (Phi) is 3.61. The Morgan fingerprint density at radius 2 is 2.22 bits per heavy atom. The molecule has 2 aromatic heterocycles. The third-order valence-electron chi connectivity index (χ3n) is 4.18. The van der Waals surface area contributed by atoms with Crippen molar-refractivity contribution in [3.05, 3.63) is 46.3 Å². The number of thiophene rings is 1. The molecule has 118 valence electrons. The number of methoxy groups -OCH3 is 1. The fraction of sp³-hybridized carbons (Fsp3) is 0.294. The van der Waals surface area contributed by atoms with E-state index in [1.54, 1.807) is 23.7 Å². The highest BCUT2D eigenvalue weighted by Gasteiger charge is 2.21.